The molecule has 0 radical (unpaired) electrons. The molecule has 1 aliphatic heterocycles. The van der Waals surface area contributed by atoms with Gasteiger partial charge in [-0.25, -0.2) is 4.98 Å². The van der Waals surface area contributed by atoms with Crippen molar-refractivity contribution in [3.63, 3.8) is 0 Å². The summed E-state index contributed by atoms with van der Waals surface area (Å²) in [6.07, 6.45) is 5.06. The van der Waals surface area contributed by atoms with Gasteiger partial charge in [-0.05, 0) is 51.5 Å². The molecule has 3 rings (SSSR count). The normalized spacial score (nSPS) is 15.3. The molecule has 2 heterocycles. The van der Waals surface area contributed by atoms with Crippen LogP contribution in [-0.4, -0.2) is 28.2 Å². The Hall–Kier alpha value is -2.93. The molecule has 0 bridgehead atoms. The molecule has 8 heteroatoms. The standard InChI is InChI=1S/C20H22ClN5O2/c1-5-25-18-9-17(21)14(8-16(18)13(2)10-20(25,3)4)11-23-24-19-7-6-15(12-22-19)26(27)28/h6-12H,5H2,1-4H3,(H,22,24)/b23-11-. The van der Waals surface area contributed by atoms with Crippen LogP contribution in [0.25, 0.3) is 5.57 Å². The molecular formula is C20H22ClN5O2. The van der Waals surface area contributed by atoms with E-state index < -0.39 is 4.92 Å². The summed E-state index contributed by atoms with van der Waals surface area (Å²) >= 11 is 6.51. The highest BCUT2D eigenvalue weighted by atomic mass is 35.5. The second kappa shape index (κ2) is 7.59. The van der Waals surface area contributed by atoms with Gasteiger partial charge in [-0.1, -0.05) is 17.7 Å². The number of nitrogens with zero attached hydrogens (tertiary/aromatic N) is 4. The Balaban J connectivity index is 1.85. The van der Waals surface area contributed by atoms with Crippen LogP contribution in [0.15, 0.2) is 41.6 Å². The van der Waals surface area contributed by atoms with Gasteiger partial charge >= 0.3 is 0 Å². The summed E-state index contributed by atoms with van der Waals surface area (Å²) in [5.74, 6) is 0.408. The summed E-state index contributed by atoms with van der Waals surface area (Å²) in [5, 5.41) is 15.4. The topological polar surface area (TPSA) is 83.7 Å². The van der Waals surface area contributed by atoms with E-state index in [2.05, 4.69) is 54.2 Å². The zero-order chi connectivity index (χ0) is 20.5. The van der Waals surface area contributed by atoms with Crippen LogP contribution in [0.2, 0.25) is 5.02 Å². The quantitative estimate of drug-likeness (QED) is 0.429. The molecule has 0 amide bonds. The average Bonchev–Trinajstić information content (AvgIpc) is 2.62. The highest BCUT2D eigenvalue weighted by Gasteiger charge is 2.30. The van der Waals surface area contributed by atoms with Gasteiger partial charge in [0.2, 0.25) is 0 Å². The molecule has 146 valence electrons. The first kappa shape index (κ1) is 19.8. The Labute approximate surface area is 168 Å². The van der Waals surface area contributed by atoms with Crippen molar-refractivity contribution in [2.45, 2.75) is 33.2 Å². The van der Waals surface area contributed by atoms with Gasteiger partial charge in [0.25, 0.3) is 5.69 Å². The number of pyridine rings is 1. The Morgan fingerprint density at radius 1 is 1.39 bits per heavy atom. The number of halogens is 1. The summed E-state index contributed by atoms with van der Waals surface area (Å²) in [7, 11) is 0. The highest BCUT2D eigenvalue weighted by Crippen LogP contribution is 2.40. The number of fused-ring (bicyclic) bond motifs is 1. The van der Waals surface area contributed by atoms with Gasteiger partial charge < -0.3 is 4.90 Å². The molecule has 0 spiro atoms. The highest BCUT2D eigenvalue weighted by molar-refractivity contribution is 6.33. The van der Waals surface area contributed by atoms with E-state index in [0.717, 1.165) is 23.4 Å². The molecule has 1 N–H and O–H groups in total. The number of anilines is 2. The number of likely N-dealkylation sites (N-methyl/N-ethyl adjacent to an activating group) is 1. The fraction of sp³-hybridized carbons (Fsp3) is 0.300. The van der Waals surface area contributed by atoms with E-state index in [9.17, 15) is 10.1 Å². The van der Waals surface area contributed by atoms with Crippen molar-refractivity contribution in [3.05, 3.63) is 62.8 Å². The van der Waals surface area contributed by atoms with Crippen LogP contribution >= 0.6 is 11.6 Å². The lowest BCUT2D eigenvalue weighted by molar-refractivity contribution is -0.385. The van der Waals surface area contributed by atoms with Gasteiger partial charge in [0.05, 0.1) is 21.7 Å². The van der Waals surface area contributed by atoms with E-state index in [4.69, 9.17) is 11.6 Å². The SMILES string of the molecule is CCN1c2cc(Cl)c(/C=N\Nc3ccc([N+](=O)[O-])cn3)cc2C(C)=CC1(C)C. The fourth-order valence-electron chi connectivity index (χ4n) is 3.52. The van der Waals surface area contributed by atoms with Crippen molar-refractivity contribution in [1.82, 2.24) is 4.98 Å². The van der Waals surface area contributed by atoms with Crippen molar-refractivity contribution in [1.29, 1.82) is 0 Å². The lowest BCUT2D eigenvalue weighted by Gasteiger charge is -2.43. The van der Waals surface area contributed by atoms with Crippen molar-refractivity contribution in [3.8, 4) is 0 Å². The molecule has 1 aromatic carbocycles. The van der Waals surface area contributed by atoms with Crippen molar-refractivity contribution < 1.29 is 4.92 Å². The van der Waals surface area contributed by atoms with E-state index in [1.54, 1.807) is 6.21 Å². The molecular weight excluding hydrogens is 378 g/mol. The zero-order valence-corrected chi connectivity index (χ0v) is 17.0. The summed E-state index contributed by atoms with van der Waals surface area (Å²) in [4.78, 5) is 16.5. The summed E-state index contributed by atoms with van der Waals surface area (Å²) in [6, 6.07) is 6.87. The zero-order valence-electron chi connectivity index (χ0n) is 16.2. The second-order valence-electron chi connectivity index (χ2n) is 7.14. The maximum Gasteiger partial charge on any atom is 0.287 e. The number of hydrogen-bond donors (Lipinski definition) is 1. The Morgan fingerprint density at radius 3 is 2.75 bits per heavy atom. The number of rotatable bonds is 5. The average molecular weight is 400 g/mol. The minimum absolute atomic E-state index is 0.0714. The maximum absolute atomic E-state index is 10.7. The second-order valence-corrected chi connectivity index (χ2v) is 7.55. The molecule has 7 nitrogen and oxygen atoms in total. The Bertz CT molecular complexity index is 967. The molecule has 28 heavy (non-hydrogen) atoms. The number of nitro groups is 1. The number of allylic oxidation sites excluding steroid dienone is 1. The molecule has 0 atom stereocenters. The van der Waals surface area contributed by atoms with Crippen LogP contribution in [0.1, 0.15) is 38.8 Å². The number of hydrazone groups is 1. The fourth-order valence-corrected chi connectivity index (χ4v) is 3.73. The Morgan fingerprint density at radius 2 is 2.14 bits per heavy atom. The van der Waals surface area contributed by atoms with Crippen LogP contribution in [-0.2, 0) is 0 Å². The van der Waals surface area contributed by atoms with E-state index >= 15 is 0 Å². The Kier molecular flexibility index (Phi) is 5.38. The molecule has 0 saturated heterocycles. The molecule has 2 aromatic rings. The van der Waals surface area contributed by atoms with Crippen LogP contribution < -0.4 is 10.3 Å². The molecule has 0 saturated carbocycles. The van der Waals surface area contributed by atoms with Crippen LogP contribution in [0.3, 0.4) is 0 Å². The van der Waals surface area contributed by atoms with Gasteiger partial charge in [0.15, 0.2) is 0 Å². The van der Waals surface area contributed by atoms with E-state index in [1.165, 1.54) is 23.9 Å². The summed E-state index contributed by atoms with van der Waals surface area (Å²) in [5.41, 5.74) is 6.82. The summed E-state index contributed by atoms with van der Waals surface area (Å²) in [6.45, 7) is 9.48. The van der Waals surface area contributed by atoms with E-state index in [1.807, 2.05) is 12.1 Å². The maximum atomic E-state index is 10.7. The van der Waals surface area contributed by atoms with E-state index in [-0.39, 0.29) is 11.2 Å². The number of benzene rings is 1. The van der Waals surface area contributed by atoms with Gasteiger partial charge in [0.1, 0.15) is 12.0 Å². The molecule has 0 aliphatic carbocycles. The minimum atomic E-state index is -0.496. The molecule has 0 fully saturated rings. The summed E-state index contributed by atoms with van der Waals surface area (Å²) < 4.78 is 0. The number of nitrogens with one attached hydrogen (secondary N) is 1. The van der Waals surface area contributed by atoms with Crippen LogP contribution in [0.5, 0.6) is 0 Å². The number of aromatic nitrogens is 1. The lowest BCUT2D eigenvalue weighted by atomic mass is 9.88. The third kappa shape index (κ3) is 3.84. The largest absolute Gasteiger partial charge is 0.363 e. The third-order valence-electron chi connectivity index (χ3n) is 4.75. The van der Waals surface area contributed by atoms with Crippen molar-refractivity contribution in [2.24, 2.45) is 5.10 Å². The third-order valence-corrected chi connectivity index (χ3v) is 5.08. The molecule has 1 aliphatic rings. The van der Waals surface area contributed by atoms with E-state index in [0.29, 0.717) is 10.8 Å². The lowest BCUT2D eigenvalue weighted by Crippen LogP contribution is -2.44. The first-order valence-electron chi connectivity index (χ1n) is 8.93. The predicted octanol–water partition coefficient (Wildman–Crippen LogP) is 5.11. The van der Waals surface area contributed by atoms with Crippen molar-refractivity contribution in [2.75, 3.05) is 16.9 Å². The first-order valence-corrected chi connectivity index (χ1v) is 9.31. The molecule has 0 unspecified atom stereocenters. The predicted molar refractivity (Wildman–Crippen MR) is 114 cm³/mol. The van der Waals surface area contributed by atoms with Crippen LogP contribution in [0.4, 0.5) is 17.2 Å². The van der Waals surface area contributed by atoms with Gasteiger partial charge in [-0.2, -0.15) is 5.10 Å². The monoisotopic (exact) mass is 399 g/mol. The van der Waals surface area contributed by atoms with Gasteiger partial charge in [0, 0.05) is 29.4 Å². The minimum Gasteiger partial charge on any atom is -0.363 e. The van der Waals surface area contributed by atoms with Crippen LogP contribution in [0, 0.1) is 10.1 Å². The van der Waals surface area contributed by atoms with Gasteiger partial charge in [-0.15, -0.1) is 0 Å². The first-order chi connectivity index (χ1) is 13.2. The molecule has 1 aromatic heterocycles. The number of hydrogen-bond acceptors (Lipinski definition) is 6. The van der Waals surface area contributed by atoms with Crippen molar-refractivity contribution >= 4 is 40.6 Å². The smallest absolute Gasteiger partial charge is 0.287 e. The van der Waals surface area contributed by atoms with Gasteiger partial charge in [-0.3, -0.25) is 15.5 Å².